The molecule has 100 valence electrons. The van der Waals surface area contributed by atoms with Gasteiger partial charge in [-0.2, -0.15) is 0 Å². The average molecular weight is 256 g/mol. The lowest BCUT2D eigenvalue weighted by Crippen LogP contribution is -2.36. The number of fused-ring (bicyclic) bond motifs is 1. The van der Waals surface area contributed by atoms with Gasteiger partial charge in [-0.1, -0.05) is 6.07 Å². The molecule has 2 aromatic rings. The third-order valence-electron chi connectivity index (χ3n) is 4.04. The van der Waals surface area contributed by atoms with Crippen LogP contribution in [-0.4, -0.2) is 24.6 Å². The van der Waals surface area contributed by atoms with Crippen molar-refractivity contribution < 1.29 is 0 Å². The Morgan fingerprint density at radius 3 is 2.79 bits per heavy atom. The molecule has 3 rings (SSSR count). The molecule has 4 nitrogen and oxygen atoms in total. The molecule has 1 saturated heterocycles. The summed E-state index contributed by atoms with van der Waals surface area (Å²) in [4.78, 5) is 6.76. The Morgan fingerprint density at radius 2 is 2.05 bits per heavy atom. The van der Waals surface area contributed by atoms with Crippen molar-refractivity contribution in [3.63, 3.8) is 0 Å². The second kappa shape index (κ2) is 5.05. The minimum Gasteiger partial charge on any atom is -0.397 e. The maximum absolute atomic E-state index is 6.19. The van der Waals surface area contributed by atoms with Crippen LogP contribution in [0.2, 0.25) is 0 Å². The van der Waals surface area contributed by atoms with E-state index >= 15 is 0 Å². The fourth-order valence-corrected chi connectivity index (χ4v) is 2.81. The number of pyridine rings is 1. The summed E-state index contributed by atoms with van der Waals surface area (Å²) in [5.74, 6) is 0.663. The molecule has 1 fully saturated rings. The highest BCUT2D eigenvalue weighted by Gasteiger charge is 2.20. The molecule has 2 heterocycles. The molecule has 0 unspecified atom stereocenters. The van der Waals surface area contributed by atoms with Crippen LogP contribution < -0.4 is 16.4 Å². The average Bonchev–Trinajstić information content (AvgIpc) is 2.47. The molecular formula is C15H20N4. The van der Waals surface area contributed by atoms with Crippen molar-refractivity contribution in [3.8, 4) is 0 Å². The molecule has 1 aliphatic heterocycles. The lowest BCUT2D eigenvalue weighted by Gasteiger charge is -2.33. The minimum atomic E-state index is 0.663. The second-order valence-electron chi connectivity index (χ2n) is 5.27. The van der Waals surface area contributed by atoms with Gasteiger partial charge in [-0.3, -0.25) is 4.98 Å². The summed E-state index contributed by atoms with van der Waals surface area (Å²) in [6, 6.07) is 8.11. The zero-order valence-corrected chi connectivity index (χ0v) is 11.0. The highest BCUT2D eigenvalue weighted by molar-refractivity contribution is 5.89. The molecule has 0 saturated carbocycles. The summed E-state index contributed by atoms with van der Waals surface area (Å²) in [5, 5.41) is 1.10. The summed E-state index contributed by atoms with van der Waals surface area (Å²) in [6.07, 6.45) is 4.12. The third-order valence-corrected chi connectivity index (χ3v) is 4.04. The lowest BCUT2D eigenvalue weighted by molar-refractivity contribution is 0.415. The Kier molecular flexibility index (Phi) is 3.25. The van der Waals surface area contributed by atoms with E-state index in [0.717, 1.165) is 54.8 Å². The molecule has 1 aromatic heterocycles. The van der Waals surface area contributed by atoms with E-state index < -0.39 is 0 Å². The molecule has 4 N–H and O–H groups in total. The normalized spacial score (nSPS) is 17.0. The van der Waals surface area contributed by atoms with E-state index in [4.69, 9.17) is 11.5 Å². The number of nitrogens with two attached hydrogens (primary N) is 2. The van der Waals surface area contributed by atoms with E-state index in [1.165, 1.54) is 0 Å². The van der Waals surface area contributed by atoms with Crippen molar-refractivity contribution in [3.05, 3.63) is 30.5 Å². The third kappa shape index (κ3) is 2.36. The van der Waals surface area contributed by atoms with Crippen molar-refractivity contribution >= 4 is 22.3 Å². The molecule has 0 spiro atoms. The number of piperidine rings is 1. The molecule has 0 bridgehead atoms. The van der Waals surface area contributed by atoms with Crippen molar-refractivity contribution in [2.24, 2.45) is 11.7 Å². The zero-order valence-electron chi connectivity index (χ0n) is 11.0. The smallest absolute Gasteiger partial charge is 0.0724 e. The quantitative estimate of drug-likeness (QED) is 0.806. The van der Waals surface area contributed by atoms with Gasteiger partial charge in [0.05, 0.1) is 16.9 Å². The van der Waals surface area contributed by atoms with E-state index in [9.17, 15) is 0 Å². The maximum Gasteiger partial charge on any atom is 0.0724 e. The van der Waals surface area contributed by atoms with Crippen LogP contribution in [0.1, 0.15) is 12.8 Å². The lowest BCUT2D eigenvalue weighted by atomic mass is 9.96. The summed E-state index contributed by atoms with van der Waals surface area (Å²) >= 11 is 0. The largest absolute Gasteiger partial charge is 0.397 e. The molecule has 1 aliphatic rings. The van der Waals surface area contributed by atoms with Crippen molar-refractivity contribution in [1.82, 2.24) is 4.98 Å². The molecular weight excluding hydrogens is 236 g/mol. The number of anilines is 2. The summed E-state index contributed by atoms with van der Waals surface area (Å²) < 4.78 is 0. The first kappa shape index (κ1) is 12.2. The highest BCUT2D eigenvalue weighted by atomic mass is 15.1. The topological polar surface area (TPSA) is 68.2 Å². The van der Waals surface area contributed by atoms with E-state index in [2.05, 4.69) is 16.0 Å². The van der Waals surface area contributed by atoms with Crippen LogP contribution in [0, 0.1) is 5.92 Å². The number of hydrogen-bond donors (Lipinski definition) is 2. The predicted octanol–water partition coefficient (Wildman–Crippen LogP) is 1.99. The van der Waals surface area contributed by atoms with Gasteiger partial charge in [-0.05, 0) is 43.5 Å². The first-order valence-corrected chi connectivity index (χ1v) is 6.87. The molecule has 0 amide bonds. The van der Waals surface area contributed by atoms with Gasteiger partial charge in [-0.15, -0.1) is 0 Å². The van der Waals surface area contributed by atoms with Crippen LogP contribution in [0.3, 0.4) is 0 Å². The zero-order chi connectivity index (χ0) is 13.2. The minimum absolute atomic E-state index is 0.663. The maximum atomic E-state index is 6.19. The Morgan fingerprint density at radius 1 is 1.26 bits per heavy atom. The van der Waals surface area contributed by atoms with Gasteiger partial charge in [0.1, 0.15) is 0 Å². The molecule has 4 heteroatoms. The number of nitrogen functional groups attached to an aromatic ring is 1. The second-order valence-corrected chi connectivity index (χ2v) is 5.27. The standard InChI is InChI=1S/C15H20N4/c16-10-11-3-6-19(7-4-11)15-9-14-12(8-13(15)17)2-1-5-18-14/h1-2,5,8-9,11H,3-4,6-7,10,16-17H2. The van der Waals surface area contributed by atoms with Crippen molar-refractivity contribution in [2.75, 3.05) is 30.3 Å². The van der Waals surface area contributed by atoms with E-state index in [1.54, 1.807) is 0 Å². The van der Waals surface area contributed by atoms with Gasteiger partial charge >= 0.3 is 0 Å². The summed E-state index contributed by atoms with van der Waals surface area (Å²) in [5.41, 5.74) is 14.9. The molecule has 19 heavy (non-hydrogen) atoms. The Hall–Kier alpha value is -1.81. The Balaban J connectivity index is 1.90. The first-order valence-electron chi connectivity index (χ1n) is 6.87. The first-order chi connectivity index (χ1) is 9.28. The molecule has 0 atom stereocenters. The fourth-order valence-electron chi connectivity index (χ4n) is 2.81. The molecule has 0 radical (unpaired) electrons. The van der Waals surface area contributed by atoms with Crippen LogP contribution in [0.25, 0.3) is 10.9 Å². The van der Waals surface area contributed by atoms with E-state index in [1.807, 2.05) is 24.4 Å². The van der Waals surface area contributed by atoms with E-state index in [-0.39, 0.29) is 0 Å². The molecule has 1 aromatic carbocycles. The number of hydrogen-bond acceptors (Lipinski definition) is 4. The van der Waals surface area contributed by atoms with Gasteiger partial charge in [0, 0.05) is 24.7 Å². The van der Waals surface area contributed by atoms with Crippen LogP contribution in [0.5, 0.6) is 0 Å². The van der Waals surface area contributed by atoms with Crippen molar-refractivity contribution in [2.45, 2.75) is 12.8 Å². The predicted molar refractivity (Wildman–Crippen MR) is 80.1 cm³/mol. The van der Waals surface area contributed by atoms with Crippen LogP contribution in [-0.2, 0) is 0 Å². The fraction of sp³-hybridized carbons (Fsp3) is 0.400. The summed E-state index contributed by atoms with van der Waals surface area (Å²) in [7, 11) is 0. The van der Waals surface area contributed by atoms with Gasteiger partial charge in [0.2, 0.25) is 0 Å². The van der Waals surface area contributed by atoms with Gasteiger partial charge in [0.25, 0.3) is 0 Å². The summed E-state index contributed by atoms with van der Waals surface area (Å²) in [6.45, 7) is 2.86. The number of benzene rings is 1. The van der Waals surface area contributed by atoms with Crippen LogP contribution in [0.15, 0.2) is 30.5 Å². The van der Waals surface area contributed by atoms with Crippen molar-refractivity contribution in [1.29, 1.82) is 0 Å². The monoisotopic (exact) mass is 256 g/mol. The highest BCUT2D eigenvalue weighted by Crippen LogP contribution is 2.31. The number of aromatic nitrogens is 1. The number of nitrogens with zero attached hydrogens (tertiary/aromatic N) is 2. The Bertz CT molecular complexity index is 573. The number of rotatable bonds is 2. The van der Waals surface area contributed by atoms with Gasteiger partial charge in [-0.25, -0.2) is 0 Å². The van der Waals surface area contributed by atoms with Gasteiger partial charge < -0.3 is 16.4 Å². The SMILES string of the molecule is NCC1CCN(c2cc3ncccc3cc2N)CC1. The van der Waals surface area contributed by atoms with Crippen LogP contribution in [0.4, 0.5) is 11.4 Å². The van der Waals surface area contributed by atoms with Crippen LogP contribution >= 0.6 is 0 Å². The molecule has 0 aliphatic carbocycles. The van der Waals surface area contributed by atoms with E-state index in [0.29, 0.717) is 5.92 Å². The Labute approximate surface area is 113 Å². The van der Waals surface area contributed by atoms with Gasteiger partial charge in [0.15, 0.2) is 0 Å².